The molecule has 1 aliphatic rings. The summed E-state index contributed by atoms with van der Waals surface area (Å²) in [6, 6.07) is 2.03. The molecule has 2 rings (SSSR count). The Morgan fingerprint density at radius 3 is 3.27 bits per heavy atom. The van der Waals surface area contributed by atoms with Crippen LogP contribution in [0.2, 0.25) is 0 Å². The molecule has 3 nitrogen and oxygen atoms in total. The van der Waals surface area contributed by atoms with Gasteiger partial charge in [0.15, 0.2) is 0 Å². The van der Waals surface area contributed by atoms with Gasteiger partial charge in [-0.25, -0.2) is 0 Å². The van der Waals surface area contributed by atoms with Crippen molar-refractivity contribution >= 4 is 6.08 Å². The second kappa shape index (κ2) is 2.43. The summed E-state index contributed by atoms with van der Waals surface area (Å²) in [6.45, 7) is 0. The van der Waals surface area contributed by atoms with Crippen LogP contribution < -0.4 is 5.73 Å². The molecular formula is C8H9N3. The molecule has 0 fully saturated rings. The summed E-state index contributed by atoms with van der Waals surface area (Å²) in [4.78, 5) is 0. The first-order valence-electron chi connectivity index (χ1n) is 3.61. The summed E-state index contributed by atoms with van der Waals surface area (Å²) < 4.78 is 0. The van der Waals surface area contributed by atoms with E-state index in [4.69, 9.17) is 5.73 Å². The third-order valence-corrected chi connectivity index (χ3v) is 1.85. The fraction of sp³-hybridized carbons (Fsp3) is 0.250. The lowest BCUT2D eigenvalue weighted by Crippen LogP contribution is -2.14. The third-order valence-electron chi connectivity index (χ3n) is 1.85. The zero-order chi connectivity index (χ0) is 7.68. The van der Waals surface area contributed by atoms with E-state index in [-0.39, 0.29) is 6.04 Å². The molecule has 1 heterocycles. The van der Waals surface area contributed by atoms with Gasteiger partial charge in [0.1, 0.15) is 0 Å². The lowest BCUT2D eigenvalue weighted by Gasteiger charge is -2.14. The zero-order valence-corrected chi connectivity index (χ0v) is 6.07. The van der Waals surface area contributed by atoms with Crippen LogP contribution in [-0.4, -0.2) is 10.2 Å². The molecule has 0 aromatic carbocycles. The fourth-order valence-electron chi connectivity index (χ4n) is 1.25. The molecular weight excluding hydrogens is 138 g/mol. The maximum atomic E-state index is 5.83. The largest absolute Gasteiger partial charge is 0.324 e. The molecule has 0 saturated carbocycles. The summed E-state index contributed by atoms with van der Waals surface area (Å²) in [5.74, 6) is 0. The van der Waals surface area contributed by atoms with Crippen molar-refractivity contribution in [2.24, 2.45) is 5.73 Å². The molecule has 11 heavy (non-hydrogen) atoms. The molecule has 56 valence electrons. The van der Waals surface area contributed by atoms with Gasteiger partial charge in [-0.05, 0) is 24.1 Å². The highest BCUT2D eigenvalue weighted by Crippen LogP contribution is 2.22. The summed E-state index contributed by atoms with van der Waals surface area (Å²) >= 11 is 0. The van der Waals surface area contributed by atoms with Crippen molar-refractivity contribution in [3.8, 4) is 0 Å². The van der Waals surface area contributed by atoms with Crippen LogP contribution in [0.15, 0.2) is 18.3 Å². The van der Waals surface area contributed by atoms with Crippen LogP contribution in [0.3, 0.4) is 0 Å². The molecule has 2 N–H and O–H groups in total. The van der Waals surface area contributed by atoms with Crippen LogP contribution in [0.25, 0.3) is 6.08 Å². The summed E-state index contributed by atoms with van der Waals surface area (Å²) in [6.07, 6.45) is 6.57. The fourth-order valence-corrected chi connectivity index (χ4v) is 1.25. The van der Waals surface area contributed by atoms with E-state index in [1.807, 2.05) is 18.2 Å². The lowest BCUT2D eigenvalue weighted by molar-refractivity contribution is 0.718. The van der Waals surface area contributed by atoms with Crippen molar-refractivity contribution in [2.75, 3.05) is 0 Å². The van der Waals surface area contributed by atoms with E-state index >= 15 is 0 Å². The second-order valence-electron chi connectivity index (χ2n) is 2.62. The number of aromatic nitrogens is 2. The van der Waals surface area contributed by atoms with Crippen LogP contribution in [-0.2, 0) is 0 Å². The minimum absolute atomic E-state index is 0.102. The number of nitrogens with two attached hydrogens (primary N) is 1. The van der Waals surface area contributed by atoms with Crippen molar-refractivity contribution < 1.29 is 0 Å². The summed E-state index contributed by atoms with van der Waals surface area (Å²) in [7, 11) is 0. The first kappa shape index (κ1) is 6.49. The average molecular weight is 147 g/mol. The molecule has 0 unspecified atom stereocenters. The Hall–Kier alpha value is -1.22. The number of hydrogen-bond donors (Lipinski definition) is 1. The van der Waals surface area contributed by atoms with Gasteiger partial charge in [0.05, 0.1) is 5.69 Å². The van der Waals surface area contributed by atoms with Crippen molar-refractivity contribution in [2.45, 2.75) is 12.5 Å². The third kappa shape index (κ3) is 1.03. The Labute approximate surface area is 64.9 Å². The van der Waals surface area contributed by atoms with Crippen molar-refractivity contribution in [3.05, 3.63) is 29.6 Å². The van der Waals surface area contributed by atoms with Gasteiger partial charge in [-0.2, -0.15) is 10.2 Å². The normalized spacial score (nSPS) is 21.4. The predicted molar refractivity (Wildman–Crippen MR) is 42.6 cm³/mol. The second-order valence-corrected chi connectivity index (χ2v) is 2.62. The molecule has 0 aliphatic heterocycles. The maximum absolute atomic E-state index is 5.83. The highest BCUT2D eigenvalue weighted by Gasteiger charge is 2.12. The summed E-state index contributed by atoms with van der Waals surface area (Å²) in [5, 5.41) is 7.73. The minimum atomic E-state index is 0.102. The van der Waals surface area contributed by atoms with Crippen LogP contribution in [0.1, 0.15) is 23.7 Å². The van der Waals surface area contributed by atoms with Gasteiger partial charge in [0.25, 0.3) is 0 Å². The smallest absolute Gasteiger partial charge is 0.0902 e. The molecule has 0 spiro atoms. The molecule has 1 aromatic heterocycles. The van der Waals surface area contributed by atoms with Gasteiger partial charge < -0.3 is 5.73 Å². The SMILES string of the molecule is N[C@@H]1CC=Cc2nnccc21. The molecule has 1 aromatic rings. The van der Waals surface area contributed by atoms with Gasteiger partial charge in [-0.3, -0.25) is 0 Å². The quantitative estimate of drug-likeness (QED) is 0.593. The van der Waals surface area contributed by atoms with Crippen molar-refractivity contribution in [1.29, 1.82) is 0 Å². The van der Waals surface area contributed by atoms with E-state index in [0.29, 0.717) is 0 Å². The maximum Gasteiger partial charge on any atom is 0.0902 e. The number of rotatable bonds is 0. The van der Waals surface area contributed by atoms with Crippen LogP contribution in [0, 0.1) is 0 Å². The molecule has 1 aliphatic carbocycles. The molecule has 0 bridgehead atoms. The topological polar surface area (TPSA) is 51.8 Å². The van der Waals surface area contributed by atoms with E-state index in [9.17, 15) is 0 Å². The molecule has 3 heteroatoms. The van der Waals surface area contributed by atoms with E-state index in [1.54, 1.807) is 6.20 Å². The first-order valence-corrected chi connectivity index (χ1v) is 3.61. The van der Waals surface area contributed by atoms with Crippen molar-refractivity contribution in [1.82, 2.24) is 10.2 Å². The number of nitrogens with zero attached hydrogens (tertiary/aromatic N) is 2. The molecule has 0 amide bonds. The standard InChI is InChI=1S/C8H9N3/c9-7-2-1-3-8-6(7)4-5-10-11-8/h1,3-5,7H,2,9H2/t7-/m1/s1. The van der Waals surface area contributed by atoms with Gasteiger partial charge in [-0.15, -0.1) is 0 Å². The van der Waals surface area contributed by atoms with E-state index in [1.165, 1.54) is 0 Å². The Kier molecular flexibility index (Phi) is 1.43. The monoisotopic (exact) mass is 147 g/mol. The highest BCUT2D eigenvalue weighted by molar-refractivity contribution is 5.52. The minimum Gasteiger partial charge on any atom is -0.324 e. The Morgan fingerprint density at radius 2 is 2.45 bits per heavy atom. The molecule has 0 radical (unpaired) electrons. The van der Waals surface area contributed by atoms with E-state index in [0.717, 1.165) is 17.7 Å². The van der Waals surface area contributed by atoms with Gasteiger partial charge in [0.2, 0.25) is 0 Å². The van der Waals surface area contributed by atoms with Crippen LogP contribution in [0.5, 0.6) is 0 Å². The highest BCUT2D eigenvalue weighted by atomic mass is 15.1. The predicted octanol–water partition coefficient (Wildman–Crippen LogP) is 0.893. The van der Waals surface area contributed by atoms with Gasteiger partial charge in [-0.1, -0.05) is 6.08 Å². The Balaban J connectivity index is 2.54. The van der Waals surface area contributed by atoms with Crippen LogP contribution in [0.4, 0.5) is 0 Å². The van der Waals surface area contributed by atoms with Crippen molar-refractivity contribution in [3.63, 3.8) is 0 Å². The zero-order valence-electron chi connectivity index (χ0n) is 6.07. The van der Waals surface area contributed by atoms with Crippen LogP contribution >= 0.6 is 0 Å². The number of hydrogen-bond acceptors (Lipinski definition) is 3. The summed E-state index contributed by atoms with van der Waals surface area (Å²) in [5.41, 5.74) is 7.84. The molecule has 0 saturated heterocycles. The Bertz CT molecular complexity index is 293. The first-order chi connectivity index (χ1) is 5.38. The lowest BCUT2D eigenvalue weighted by atomic mass is 9.98. The van der Waals surface area contributed by atoms with Gasteiger partial charge >= 0.3 is 0 Å². The Morgan fingerprint density at radius 1 is 1.55 bits per heavy atom. The van der Waals surface area contributed by atoms with E-state index < -0.39 is 0 Å². The average Bonchev–Trinajstić information content (AvgIpc) is 2.06. The van der Waals surface area contributed by atoms with E-state index in [2.05, 4.69) is 10.2 Å². The van der Waals surface area contributed by atoms with Gasteiger partial charge in [0, 0.05) is 12.2 Å². The molecule has 1 atom stereocenters. The number of fused-ring (bicyclic) bond motifs is 1.